The Morgan fingerprint density at radius 3 is 2.67 bits per heavy atom. The molecule has 1 aliphatic rings. The summed E-state index contributed by atoms with van der Waals surface area (Å²) in [6, 6.07) is -1.01. The van der Waals surface area contributed by atoms with Crippen molar-refractivity contribution in [3.8, 4) is 0 Å². The van der Waals surface area contributed by atoms with Gasteiger partial charge in [-0.15, -0.1) is 0 Å². The predicted molar refractivity (Wildman–Crippen MR) is 111 cm³/mol. The van der Waals surface area contributed by atoms with Crippen LogP contribution in [0, 0.1) is 12.8 Å². The molecule has 0 radical (unpaired) electrons. The molecule has 0 saturated carbocycles. The zero-order valence-electron chi connectivity index (χ0n) is 17.0. The van der Waals surface area contributed by atoms with Crippen LogP contribution < -0.4 is 10.6 Å². The molecule has 0 aromatic carbocycles. The van der Waals surface area contributed by atoms with Crippen molar-refractivity contribution in [2.45, 2.75) is 33.2 Å². The number of ether oxygens (including phenoxy) is 1. The highest BCUT2D eigenvalue weighted by molar-refractivity contribution is 7.91. The minimum Gasteiger partial charge on any atom is -0.452 e. The van der Waals surface area contributed by atoms with Crippen molar-refractivity contribution in [1.29, 1.82) is 0 Å². The fraction of sp³-hybridized carbons (Fsp3) is 0.556. The van der Waals surface area contributed by atoms with E-state index in [0.717, 1.165) is 6.08 Å². The third kappa shape index (κ3) is 6.84. The van der Waals surface area contributed by atoms with Crippen LogP contribution in [0.25, 0.3) is 6.08 Å². The number of hydrogen-bond acceptors (Lipinski definition) is 7. The minimum atomic E-state index is -3.10. The summed E-state index contributed by atoms with van der Waals surface area (Å²) in [6.45, 7) is 5.28. The van der Waals surface area contributed by atoms with Gasteiger partial charge in [0.2, 0.25) is 0 Å². The summed E-state index contributed by atoms with van der Waals surface area (Å²) in [5, 5.41) is 9.05. The number of rotatable bonds is 7. The molecule has 0 spiro atoms. The minimum absolute atomic E-state index is 0.0289. The Bertz CT molecular complexity index is 954. The second-order valence-corrected chi connectivity index (χ2v) is 9.97. The fourth-order valence-corrected chi connectivity index (χ4v) is 4.84. The maximum atomic E-state index is 11.9. The number of amides is 3. The van der Waals surface area contributed by atoms with E-state index in [1.165, 1.54) is 10.8 Å². The highest BCUT2D eigenvalue weighted by Gasteiger charge is 2.31. The zero-order valence-corrected chi connectivity index (χ0v) is 18.5. The summed E-state index contributed by atoms with van der Waals surface area (Å²) in [7, 11) is -3.10. The van der Waals surface area contributed by atoms with Gasteiger partial charge in [0.05, 0.1) is 23.2 Å². The van der Waals surface area contributed by atoms with Crippen LogP contribution in [0.2, 0.25) is 5.15 Å². The quantitative estimate of drug-likeness (QED) is 0.461. The third-order valence-corrected chi connectivity index (χ3v) is 6.41. The highest BCUT2D eigenvalue weighted by Crippen LogP contribution is 2.30. The standard InChI is InChI=1S/C18H25ClN4O6S/c1-11(2)8-20-18(26)21-15(24)9-29-16(25)5-4-14-12(3)22-23(17(14)19)13-6-7-30(27,28)10-13/h4-5,11,13H,6-10H2,1-3H3,(H2,20,21,24,26)/b5-4+/t13-/m1/s1. The van der Waals surface area contributed by atoms with Crippen molar-refractivity contribution in [2.24, 2.45) is 5.92 Å². The number of nitrogens with zero attached hydrogens (tertiary/aromatic N) is 2. The average molecular weight is 461 g/mol. The summed E-state index contributed by atoms with van der Waals surface area (Å²) in [6.07, 6.45) is 2.90. The van der Waals surface area contributed by atoms with Gasteiger partial charge in [0.25, 0.3) is 5.91 Å². The molecule has 1 aromatic heterocycles. The molecule has 1 atom stereocenters. The Balaban J connectivity index is 1.89. The number of aromatic nitrogens is 2. The van der Waals surface area contributed by atoms with Gasteiger partial charge >= 0.3 is 12.0 Å². The topological polar surface area (TPSA) is 136 Å². The number of carbonyl (C=O) groups is 3. The van der Waals surface area contributed by atoms with Crippen molar-refractivity contribution in [3.63, 3.8) is 0 Å². The molecule has 2 rings (SSSR count). The maximum absolute atomic E-state index is 11.9. The first-order valence-electron chi connectivity index (χ1n) is 9.36. The van der Waals surface area contributed by atoms with Crippen LogP contribution in [0.4, 0.5) is 4.79 Å². The summed E-state index contributed by atoms with van der Waals surface area (Å²) in [5.74, 6) is -1.28. The Morgan fingerprint density at radius 1 is 1.37 bits per heavy atom. The molecule has 12 heteroatoms. The summed E-state index contributed by atoms with van der Waals surface area (Å²) in [5.41, 5.74) is 0.975. The Labute approximate surface area is 179 Å². The molecule has 1 aromatic rings. The van der Waals surface area contributed by atoms with Crippen LogP contribution in [-0.4, -0.2) is 60.8 Å². The van der Waals surface area contributed by atoms with E-state index in [1.807, 2.05) is 13.8 Å². The van der Waals surface area contributed by atoms with Gasteiger partial charge < -0.3 is 10.1 Å². The monoisotopic (exact) mass is 460 g/mol. The molecule has 30 heavy (non-hydrogen) atoms. The molecular formula is C18H25ClN4O6S. The molecule has 0 unspecified atom stereocenters. The maximum Gasteiger partial charge on any atom is 0.331 e. The average Bonchev–Trinajstić information content (AvgIpc) is 3.15. The Hall–Kier alpha value is -2.40. The van der Waals surface area contributed by atoms with E-state index in [9.17, 15) is 22.8 Å². The molecule has 2 N–H and O–H groups in total. The smallest absolute Gasteiger partial charge is 0.331 e. The number of hydrogen-bond donors (Lipinski definition) is 2. The molecule has 166 valence electrons. The van der Waals surface area contributed by atoms with E-state index in [2.05, 4.69) is 15.7 Å². The lowest BCUT2D eigenvalue weighted by molar-refractivity contribution is -0.143. The van der Waals surface area contributed by atoms with Crippen LogP contribution in [-0.2, 0) is 24.2 Å². The highest BCUT2D eigenvalue weighted by atomic mass is 35.5. The zero-order chi connectivity index (χ0) is 22.5. The van der Waals surface area contributed by atoms with Gasteiger partial charge in [-0.05, 0) is 25.3 Å². The van der Waals surface area contributed by atoms with Gasteiger partial charge in [0.15, 0.2) is 16.4 Å². The van der Waals surface area contributed by atoms with Gasteiger partial charge in [-0.1, -0.05) is 25.4 Å². The van der Waals surface area contributed by atoms with Crippen molar-refractivity contribution in [1.82, 2.24) is 20.4 Å². The van der Waals surface area contributed by atoms with E-state index < -0.39 is 34.4 Å². The predicted octanol–water partition coefficient (Wildman–Crippen LogP) is 1.24. The number of nitrogens with one attached hydrogen (secondary N) is 2. The van der Waals surface area contributed by atoms with Crippen LogP contribution in [0.1, 0.15) is 37.6 Å². The number of sulfone groups is 1. The molecule has 0 bridgehead atoms. The van der Waals surface area contributed by atoms with E-state index in [-0.39, 0.29) is 28.6 Å². The second kappa shape index (κ2) is 10.1. The first-order valence-corrected chi connectivity index (χ1v) is 11.6. The van der Waals surface area contributed by atoms with Gasteiger partial charge in [0, 0.05) is 18.2 Å². The second-order valence-electron chi connectivity index (χ2n) is 7.38. The summed E-state index contributed by atoms with van der Waals surface area (Å²) >= 11 is 6.32. The molecule has 0 aliphatic carbocycles. The lowest BCUT2D eigenvalue weighted by atomic mass is 10.2. The molecular weight excluding hydrogens is 436 g/mol. The number of carbonyl (C=O) groups excluding carboxylic acids is 3. The SMILES string of the molecule is Cc1nn([C@@H]2CCS(=O)(=O)C2)c(Cl)c1/C=C/C(=O)OCC(=O)NC(=O)NCC(C)C. The van der Waals surface area contributed by atoms with Crippen LogP contribution in [0.3, 0.4) is 0 Å². The number of aryl methyl sites for hydroxylation is 1. The first kappa shape index (κ1) is 23.9. The Morgan fingerprint density at radius 2 is 2.07 bits per heavy atom. The molecule has 10 nitrogen and oxygen atoms in total. The number of imide groups is 1. The molecule has 1 aliphatic heterocycles. The molecule has 3 amide bonds. The van der Waals surface area contributed by atoms with Gasteiger partial charge in [-0.3, -0.25) is 10.1 Å². The van der Waals surface area contributed by atoms with Crippen LogP contribution in [0.5, 0.6) is 0 Å². The molecule has 1 saturated heterocycles. The lowest BCUT2D eigenvalue weighted by Crippen LogP contribution is -2.42. The summed E-state index contributed by atoms with van der Waals surface area (Å²) < 4.78 is 29.6. The number of halogens is 1. The molecule has 1 fully saturated rings. The van der Waals surface area contributed by atoms with Gasteiger partial charge in [-0.25, -0.2) is 22.7 Å². The van der Waals surface area contributed by atoms with Crippen molar-refractivity contribution >= 4 is 45.4 Å². The van der Waals surface area contributed by atoms with E-state index >= 15 is 0 Å². The third-order valence-electron chi connectivity index (χ3n) is 4.28. The Kier molecular flexibility index (Phi) is 8.02. The first-order chi connectivity index (χ1) is 14.0. The fourth-order valence-electron chi connectivity index (χ4n) is 2.77. The van der Waals surface area contributed by atoms with Crippen molar-refractivity contribution in [2.75, 3.05) is 24.7 Å². The van der Waals surface area contributed by atoms with Crippen LogP contribution in [0.15, 0.2) is 6.08 Å². The van der Waals surface area contributed by atoms with Crippen molar-refractivity contribution < 1.29 is 27.5 Å². The van der Waals surface area contributed by atoms with Gasteiger partial charge in [0.1, 0.15) is 5.15 Å². The van der Waals surface area contributed by atoms with E-state index in [0.29, 0.717) is 24.2 Å². The van der Waals surface area contributed by atoms with E-state index in [4.69, 9.17) is 16.3 Å². The van der Waals surface area contributed by atoms with Crippen LogP contribution >= 0.6 is 11.6 Å². The number of urea groups is 1. The normalized spacial score (nSPS) is 18.0. The lowest BCUT2D eigenvalue weighted by Gasteiger charge is -2.09. The number of esters is 1. The van der Waals surface area contributed by atoms with Gasteiger partial charge in [-0.2, -0.15) is 5.10 Å². The summed E-state index contributed by atoms with van der Waals surface area (Å²) in [4.78, 5) is 35.0. The van der Waals surface area contributed by atoms with Crippen molar-refractivity contribution in [3.05, 3.63) is 22.5 Å². The molecule has 2 heterocycles. The largest absolute Gasteiger partial charge is 0.452 e. The van der Waals surface area contributed by atoms with E-state index in [1.54, 1.807) is 6.92 Å².